The third-order valence-electron chi connectivity index (χ3n) is 2.31. The molecule has 1 heterocycles. The van der Waals surface area contributed by atoms with Gasteiger partial charge in [-0.25, -0.2) is 0 Å². The number of hydrogen-bond acceptors (Lipinski definition) is 7. The van der Waals surface area contributed by atoms with Crippen molar-refractivity contribution in [3.8, 4) is 0 Å². The maximum atomic E-state index is 10.8. The smallest absolute Gasteiger partial charge is 0.304 e. The van der Waals surface area contributed by atoms with Crippen molar-refractivity contribution in [2.45, 2.75) is 44.9 Å². The molecule has 17 heavy (non-hydrogen) atoms. The highest BCUT2D eigenvalue weighted by Crippen LogP contribution is 2.23. The molecule has 0 aliphatic carbocycles. The first-order valence-electron chi connectivity index (χ1n) is 5.23. The lowest BCUT2D eigenvalue weighted by atomic mass is 10.0. The molecule has 7 heteroatoms. The number of ether oxygens (including phenoxy) is 3. The summed E-state index contributed by atoms with van der Waals surface area (Å²) in [4.78, 5) is 21.6. The highest BCUT2D eigenvalue weighted by Gasteiger charge is 2.40. The predicted molar refractivity (Wildman–Crippen MR) is 53.7 cm³/mol. The van der Waals surface area contributed by atoms with E-state index in [4.69, 9.17) is 19.3 Å². The molecule has 0 radical (unpaired) electrons. The van der Waals surface area contributed by atoms with Gasteiger partial charge in [-0.3, -0.25) is 9.59 Å². The van der Waals surface area contributed by atoms with Crippen molar-refractivity contribution >= 4 is 11.9 Å². The fraction of sp³-hybridized carbons (Fsp3) is 0.800. The Bertz CT molecular complexity index is 290. The molecule has 0 spiro atoms. The summed E-state index contributed by atoms with van der Waals surface area (Å²) in [6.07, 6.45) is -3.84. The van der Waals surface area contributed by atoms with Crippen LogP contribution in [-0.2, 0) is 23.8 Å². The molecule has 1 saturated heterocycles. The summed E-state index contributed by atoms with van der Waals surface area (Å²) >= 11 is 0. The second kappa shape index (κ2) is 5.95. The van der Waals surface area contributed by atoms with Gasteiger partial charge in [0.1, 0.15) is 18.3 Å². The maximum Gasteiger partial charge on any atom is 0.304 e. The van der Waals surface area contributed by atoms with Crippen molar-refractivity contribution in [1.29, 1.82) is 0 Å². The highest BCUT2D eigenvalue weighted by molar-refractivity contribution is 5.66. The van der Waals surface area contributed by atoms with Crippen molar-refractivity contribution in [2.75, 3.05) is 6.61 Å². The Morgan fingerprint density at radius 3 is 2.35 bits per heavy atom. The summed E-state index contributed by atoms with van der Waals surface area (Å²) in [5.74, 6) is -1.11. The van der Waals surface area contributed by atoms with E-state index in [9.17, 15) is 14.7 Å². The standard InChI is InChI=1S/C10H16O7/c1-5(12)15-7-3-9(16-6(2)13)17-8(4-11)10(7)14/h7-11,14H,3-4H2,1-2H3/t7-,8-,9?,10+/m1/s1. The largest absolute Gasteiger partial charge is 0.459 e. The molecule has 0 bridgehead atoms. The lowest BCUT2D eigenvalue weighted by Crippen LogP contribution is -2.52. The van der Waals surface area contributed by atoms with Crippen LogP contribution in [0.15, 0.2) is 0 Å². The first kappa shape index (κ1) is 13.9. The number of carbonyl (C=O) groups is 2. The number of hydrogen-bond donors (Lipinski definition) is 2. The first-order chi connectivity index (χ1) is 7.93. The van der Waals surface area contributed by atoms with Crippen LogP contribution >= 0.6 is 0 Å². The van der Waals surface area contributed by atoms with Gasteiger partial charge < -0.3 is 24.4 Å². The lowest BCUT2D eigenvalue weighted by molar-refractivity contribution is -0.253. The Hall–Kier alpha value is -1.18. The number of carbonyl (C=O) groups excluding carboxylic acids is 2. The summed E-state index contributed by atoms with van der Waals surface area (Å²) in [6, 6.07) is 0. The highest BCUT2D eigenvalue weighted by atomic mass is 16.7. The molecule has 1 rings (SSSR count). The Balaban J connectivity index is 2.67. The third kappa shape index (κ3) is 3.95. The number of aliphatic hydroxyl groups is 2. The minimum absolute atomic E-state index is 0.0385. The number of rotatable bonds is 3. The van der Waals surface area contributed by atoms with Gasteiger partial charge >= 0.3 is 11.9 Å². The van der Waals surface area contributed by atoms with Gasteiger partial charge in [0.2, 0.25) is 6.29 Å². The van der Waals surface area contributed by atoms with E-state index in [2.05, 4.69) is 0 Å². The van der Waals surface area contributed by atoms with Crippen molar-refractivity contribution in [1.82, 2.24) is 0 Å². The molecule has 0 saturated carbocycles. The molecule has 4 atom stereocenters. The number of aliphatic hydroxyl groups excluding tert-OH is 2. The fourth-order valence-electron chi connectivity index (χ4n) is 1.64. The SMILES string of the molecule is CC(=O)OC1C[C@@H](OC(C)=O)[C@H](O)[C@@H](CO)O1. The van der Waals surface area contributed by atoms with Gasteiger partial charge in [0.25, 0.3) is 0 Å². The lowest BCUT2D eigenvalue weighted by Gasteiger charge is -2.37. The summed E-state index contributed by atoms with van der Waals surface area (Å²) in [5, 5.41) is 18.7. The van der Waals surface area contributed by atoms with Crippen molar-refractivity contribution < 1.29 is 34.0 Å². The molecule has 1 aliphatic heterocycles. The topological polar surface area (TPSA) is 102 Å². The molecular weight excluding hydrogens is 232 g/mol. The number of esters is 2. The fourth-order valence-corrected chi connectivity index (χ4v) is 1.64. The van der Waals surface area contributed by atoms with Crippen LogP contribution in [0.1, 0.15) is 20.3 Å². The predicted octanol–water partition coefficient (Wildman–Crippen LogP) is -1.05. The maximum absolute atomic E-state index is 10.8. The Labute approximate surface area is 98.3 Å². The zero-order chi connectivity index (χ0) is 13.0. The van der Waals surface area contributed by atoms with Crippen LogP contribution in [0.25, 0.3) is 0 Å². The second-order valence-corrected chi connectivity index (χ2v) is 3.77. The zero-order valence-corrected chi connectivity index (χ0v) is 9.66. The Kier molecular flexibility index (Phi) is 4.86. The van der Waals surface area contributed by atoms with Gasteiger partial charge in [-0.1, -0.05) is 0 Å². The monoisotopic (exact) mass is 248 g/mol. The summed E-state index contributed by atoms with van der Waals surface area (Å²) in [6.45, 7) is 1.96. The zero-order valence-electron chi connectivity index (χ0n) is 9.66. The van der Waals surface area contributed by atoms with E-state index >= 15 is 0 Å². The molecule has 7 nitrogen and oxygen atoms in total. The normalized spacial score (nSPS) is 32.9. The van der Waals surface area contributed by atoms with Crippen molar-refractivity contribution in [2.24, 2.45) is 0 Å². The summed E-state index contributed by atoms with van der Waals surface area (Å²) < 4.78 is 14.8. The summed E-state index contributed by atoms with van der Waals surface area (Å²) in [7, 11) is 0. The van der Waals surface area contributed by atoms with E-state index in [1.807, 2.05) is 0 Å². The van der Waals surface area contributed by atoms with Crippen LogP contribution in [0, 0.1) is 0 Å². The van der Waals surface area contributed by atoms with Gasteiger partial charge in [0.15, 0.2) is 0 Å². The molecule has 1 fully saturated rings. The van der Waals surface area contributed by atoms with E-state index in [1.165, 1.54) is 13.8 Å². The average Bonchev–Trinajstić information content (AvgIpc) is 2.21. The van der Waals surface area contributed by atoms with Crippen molar-refractivity contribution in [3.63, 3.8) is 0 Å². The molecule has 0 amide bonds. The molecule has 1 aliphatic rings. The minimum Gasteiger partial charge on any atom is -0.459 e. The van der Waals surface area contributed by atoms with Crippen LogP contribution in [-0.4, -0.2) is 53.4 Å². The van der Waals surface area contributed by atoms with E-state index < -0.39 is 43.1 Å². The quantitative estimate of drug-likeness (QED) is 0.614. The van der Waals surface area contributed by atoms with E-state index in [-0.39, 0.29) is 6.42 Å². The van der Waals surface area contributed by atoms with Crippen LogP contribution in [0.2, 0.25) is 0 Å². The third-order valence-corrected chi connectivity index (χ3v) is 2.31. The molecular formula is C10H16O7. The van der Waals surface area contributed by atoms with E-state index in [0.717, 1.165) is 0 Å². The van der Waals surface area contributed by atoms with Gasteiger partial charge in [0.05, 0.1) is 13.0 Å². The van der Waals surface area contributed by atoms with Crippen LogP contribution in [0.4, 0.5) is 0 Å². The Morgan fingerprint density at radius 1 is 1.29 bits per heavy atom. The van der Waals surface area contributed by atoms with Crippen molar-refractivity contribution in [3.05, 3.63) is 0 Å². The molecule has 98 valence electrons. The summed E-state index contributed by atoms with van der Waals surface area (Å²) in [5.41, 5.74) is 0. The molecule has 0 aromatic rings. The Morgan fingerprint density at radius 2 is 1.88 bits per heavy atom. The van der Waals surface area contributed by atoms with E-state index in [1.54, 1.807) is 0 Å². The van der Waals surface area contributed by atoms with Gasteiger partial charge in [-0.15, -0.1) is 0 Å². The van der Waals surface area contributed by atoms with Gasteiger partial charge in [-0.05, 0) is 0 Å². The first-order valence-corrected chi connectivity index (χ1v) is 5.23. The van der Waals surface area contributed by atoms with Crippen LogP contribution in [0.5, 0.6) is 0 Å². The van der Waals surface area contributed by atoms with Gasteiger partial charge in [0, 0.05) is 13.8 Å². The molecule has 0 aromatic carbocycles. The van der Waals surface area contributed by atoms with Crippen LogP contribution < -0.4 is 0 Å². The molecule has 1 unspecified atom stereocenters. The minimum atomic E-state index is -1.14. The van der Waals surface area contributed by atoms with Gasteiger partial charge in [-0.2, -0.15) is 0 Å². The van der Waals surface area contributed by atoms with E-state index in [0.29, 0.717) is 0 Å². The molecule has 0 aromatic heterocycles. The van der Waals surface area contributed by atoms with Crippen LogP contribution in [0.3, 0.4) is 0 Å². The molecule has 2 N–H and O–H groups in total. The second-order valence-electron chi connectivity index (χ2n) is 3.77. The average molecular weight is 248 g/mol.